The second-order valence-corrected chi connectivity index (χ2v) is 3.84. The van der Waals surface area contributed by atoms with Gasteiger partial charge in [-0.15, -0.1) is 11.8 Å². The van der Waals surface area contributed by atoms with E-state index in [1.165, 1.54) is 12.0 Å². The molecule has 0 radical (unpaired) electrons. The van der Waals surface area contributed by atoms with Crippen LogP contribution in [0.2, 0.25) is 0 Å². The summed E-state index contributed by atoms with van der Waals surface area (Å²) in [6.07, 6.45) is 0. The van der Waals surface area contributed by atoms with E-state index in [1.54, 1.807) is 26.0 Å². The predicted molar refractivity (Wildman–Crippen MR) is 57.3 cm³/mol. The van der Waals surface area contributed by atoms with Crippen LogP contribution in [0.4, 0.5) is 0 Å². The first-order valence-electron chi connectivity index (χ1n) is 3.55. The maximum atomic E-state index is 4.75. The van der Waals surface area contributed by atoms with Crippen molar-refractivity contribution in [2.24, 2.45) is 0 Å². The standard InChI is InChI=1S/C4H10OS.C3H8OS.H2/c1-3-6-4-5-2;1-3-5-4-2;/h3-4H2,1-2H3;3H2,1-2H3;1H. The van der Waals surface area contributed by atoms with Gasteiger partial charge in [-0.3, -0.25) is 0 Å². The van der Waals surface area contributed by atoms with Gasteiger partial charge in [-0.05, 0) is 17.8 Å². The molecular weight excluding hydrogens is 180 g/mol. The summed E-state index contributed by atoms with van der Waals surface area (Å²) in [5.41, 5.74) is 0. The molecule has 4 heteroatoms. The molecule has 2 nitrogen and oxygen atoms in total. The Balaban J connectivity index is -0.000000126. The van der Waals surface area contributed by atoms with E-state index in [9.17, 15) is 0 Å². The fourth-order valence-corrected chi connectivity index (χ4v) is 0.854. The Morgan fingerprint density at radius 1 is 1.18 bits per heavy atom. The molecule has 0 aliphatic rings. The van der Waals surface area contributed by atoms with E-state index in [-0.39, 0.29) is 1.43 Å². The third-order valence-corrected chi connectivity index (χ3v) is 1.92. The van der Waals surface area contributed by atoms with E-state index in [0.717, 1.165) is 17.4 Å². The smallest absolute Gasteiger partial charge is 0.0916 e. The predicted octanol–water partition coefficient (Wildman–Crippen LogP) is 2.89. The van der Waals surface area contributed by atoms with Crippen molar-refractivity contribution in [1.82, 2.24) is 0 Å². The van der Waals surface area contributed by atoms with Gasteiger partial charge in [0.25, 0.3) is 0 Å². The molecule has 11 heavy (non-hydrogen) atoms. The summed E-state index contributed by atoms with van der Waals surface area (Å²) < 4.78 is 9.35. The molecule has 72 valence electrons. The molecule has 0 bridgehead atoms. The van der Waals surface area contributed by atoms with Crippen LogP contribution in [0.25, 0.3) is 0 Å². The van der Waals surface area contributed by atoms with Gasteiger partial charge in [-0.2, -0.15) is 0 Å². The summed E-state index contributed by atoms with van der Waals surface area (Å²) >= 11 is 3.25. The van der Waals surface area contributed by atoms with Gasteiger partial charge in [0.2, 0.25) is 0 Å². The van der Waals surface area contributed by atoms with Crippen molar-refractivity contribution in [2.75, 3.05) is 31.7 Å². The summed E-state index contributed by atoms with van der Waals surface area (Å²) in [5, 5.41) is 0. The van der Waals surface area contributed by atoms with Crippen molar-refractivity contribution in [3.8, 4) is 0 Å². The normalized spacial score (nSPS) is 8.73. The Morgan fingerprint density at radius 2 is 1.82 bits per heavy atom. The maximum Gasteiger partial charge on any atom is 0.0916 e. The number of thioether (sulfide) groups is 1. The summed E-state index contributed by atoms with van der Waals surface area (Å²) in [7, 11) is 3.39. The third-order valence-electron chi connectivity index (χ3n) is 0.641. The minimum atomic E-state index is 0. The molecule has 0 rings (SSSR count). The Kier molecular flexibility index (Phi) is 21.8. The average molecular weight is 200 g/mol. The van der Waals surface area contributed by atoms with Crippen molar-refractivity contribution in [3.63, 3.8) is 0 Å². The van der Waals surface area contributed by atoms with Crippen LogP contribution < -0.4 is 0 Å². The number of ether oxygens (including phenoxy) is 1. The lowest BCUT2D eigenvalue weighted by molar-refractivity contribution is 0.259. The first kappa shape index (κ1) is 14.2. The molecule has 0 saturated carbocycles. The number of methoxy groups -OCH3 is 1. The molecule has 0 N–H and O–H groups in total. The largest absolute Gasteiger partial charge is 0.374 e. The summed E-state index contributed by atoms with van der Waals surface area (Å²) in [6, 6.07) is 0. The van der Waals surface area contributed by atoms with Crippen LogP contribution in [0.3, 0.4) is 0 Å². The van der Waals surface area contributed by atoms with Crippen LogP contribution in [0.15, 0.2) is 0 Å². The van der Waals surface area contributed by atoms with Gasteiger partial charge in [-0.25, -0.2) is 0 Å². The highest BCUT2D eigenvalue weighted by Gasteiger charge is 1.74. The highest BCUT2D eigenvalue weighted by atomic mass is 32.2. The molecule has 0 amide bonds. The molecule has 0 heterocycles. The fraction of sp³-hybridized carbons (Fsp3) is 1.00. The second kappa shape index (κ2) is 16.9. The highest BCUT2D eigenvalue weighted by Crippen LogP contribution is 1.95. The van der Waals surface area contributed by atoms with Gasteiger partial charge in [-0.1, -0.05) is 13.8 Å². The van der Waals surface area contributed by atoms with E-state index in [4.69, 9.17) is 4.74 Å². The van der Waals surface area contributed by atoms with Gasteiger partial charge in [0.15, 0.2) is 0 Å². The van der Waals surface area contributed by atoms with Crippen LogP contribution in [0.5, 0.6) is 0 Å². The summed E-state index contributed by atoms with van der Waals surface area (Å²) in [6.45, 7) is 4.16. The van der Waals surface area contributed by atoms with E-state index < -0.39 is 0 Å². The molecule has 0 aromatic rings. The molecular formula is C7H20O2S2. The molecule has 0 spiro atoms. The zero-order valence-electron chi connectivity index (χ0n) is 7.75. The molecule has 0 aromatic carbocycles. The monoisotopic (exact) mass is 200 g/mol. The Bertz CT molecular complexity index is 52.7. The lowest BCUT2D eigenvalue weighted by atomic mass is 11.0. The van der Waals surface area contributed by atoms with E-state index >= 15 is 0 Å². The van der Waals surface area contributed by atoms with Crippen molar-refractivity contribution >= 4 is 23.8 Å². The van der Waals surface area contributed by atoms with Crippen molar-refractivity contribution in [1.29, 1.82) is 0 Å². The van der Waals surface area contributed by atoms with Crippen molar-refractivity contribution in [2.45, 2.75) is 13.8 Å². The summed E-state index contributed by atoms with van der Waals surface area (Å²) in [5.74, 6) is 3.01. The molecule has 0 fully saturated rings. The van der Waals surface area contributed by atoms with Gasteiger partial charge >= 0.3 is 0 Å². The van der Waals surface area contributed by atoms with Gasteiger partial charge in [0.1, 0.15) is 0 Å². The first-order valence-corrected chi connectivity index (χ1v) is 5.62. The molecule has 0 aromatic heterocycles. The van der Waals surface area contributed by atoms with Gasteiger partial charge < -0.3 is 8.92 Å². The average Bonchev–Trinajstić information content (AvgIpc) is 2.04. The number of rotatable bonds is 5. The maximum absolute atomic E-state index is 4.75. The zero-order valence-corrected chi connectivity index (χ0v) is 9.39. The Morgan fingerprint density at radius 3 is 1.91 bits per heavy atom. The minimum Gasteiger partial charge on any atom is -0.374 e. The molecule has 0 saturated heterocycles. The quantitative estimate of drug-likeness (QED) is 0.386. The first-order chi connectivity index (χ1) is 5.33. The van der Waals surface area contributed by atoms with Crippen LogP contribution in [-0.2, 0) is 8.92 Å². The van der Waals surface area contributed by atoms with Crippen LogP contribution in [0.1, 0.15) is 15.3 Å². The Hall–Kier alpha value is 0.620. The van der Waals surface area contributed by atoms with Crippen molar-refractivity contribution in [3.05, 3.63) is 0 Å². The van der Waals surface area contributed by atoms with Crippen LogP contribution >= 0.6 is 23.8 Å². The SMILES string of the molecule is CCSCOC.CCSOC.[HH]. The van der Waals surface area contributed by atoms with Gasteiger partial charge in [0, 0.05) is 14.3 Å². The second-order valence-electron chi connectivity index (χ2n) is 1.47. The van der Waals surface area contributed by atoms with Gasteiger partial charge in [0.05, 0.1) is 13.0 Å². The lowest BCUT2D eigenvalue weighted by Gasteiger charge is -1.89. The van der Waals surface area contributed by atoms with E-state index in [0.29, 0.717) is 0 Å². The highest BCUT2D eigenvalue weighted by molar-refractivity contribution is 7.99. The zero-order chi connectivity index (χ0) is 8.95. The Labute approximate surface area is 80.1 Å². The molecule has 0 unspecified atom stereocenters. The topological polar surface area (TPSA) is 18.5 Å². The number of hydrogen-bond acceptors (Lipinski definition) is 4. The lowest BCUT2D eigenvalue weighted by Crippen LogP contribution is -1.79. The van der Waals surface area contributed by atoms with Crippen LogP contribution in [0, 0.1) is 0 Å². The fourth-order valence-electron chi connectivity index (χ4n) is 0.285. The third kappa shape index (κ3) is 25.0. The van der Waals surface area contributed by atoms with Crippen LogP contribution in [-0.4, -0.2) is 31.7 Å². The number of hydrogen-bond donors (Lipinski definition) is 0. The van der Waals surface area contributed by atoms with E-state index in [2.05, 4.69) is 11.1 Å². The minimum absolute atomic E-state index is 0. The van der Waals surface area contributed by atoms with Crippen molar-refractivity contribution < 1.29 is 10.3 Å². The molecule has 0 aliphatic heterocycles. The molecule has 0 atom stereocenters. The van der Waals surface area contributed by atoms with E-state index in [1.807, 2.05) is 6.92 Å². The summed E-state index contributed by atoms with van der Waals surface area (Å²) in [4.78, 5) is 0. The molecule has 0 aliphatic carbocycles.